The van der Waals surface area contributed by atoms with E-state index in [0.717, 1.165) is 16.5 Å². The highest BCUT2D eigenvalue weighted by atomic mass is 35.5. The molecule has 1 aromatic heterocycles. The van der Waals surface area contributed by atoms with Gasteiger partial charge in [0.2, 0.25) is 0 Å². The lowest BCUT2D eigenvalue weighted by atomic mass is 10.0. The number of amides is 1. The van der Waals surface area contributed by atoms with Gasteiger partial charge in [-0.05, 0) is 17.7 Å². The Morgan fingerprint density at radius 2 is 2.00 bits per heavy atom. The van der Waals surface area contributed by atoms with Gasteiger partial charge in [0, 0.05) is 31.0 Å². The van der Waals surface area contributed by atoms with Crippen LogP contribution in [0.3, 0.4) is 0 Å². The normalized spacial score (nSPS) is 12.8. The summed E-state index contributed by atoms with van der Waals surface area (Å²) in [5.74, 6) is -0.351. The maximum absolute atomic E-state index is 12.3. The summed E-state index contributed by atoms with van der Waals surface area (Å²) < 4.78 is 10.1. The predicted molar refractivity (Wildman–Crippen MR) is 99.3 cm³/mol. The molecule has 0 saturated carbocycles. The molecule has 1 aromatic carbocycles. The number of hydrogen-bond acceptors (Lipinski definition) is 5. The third-order valence-electron chi connectivity index (χ3n) is 4.24. The molecule has 26 heavy (non-hydrogen) atoms. The molecule has 6 nitrogen and oxygen atoms in total. The van der Waals surface area contributed by atoms with Gasteiger partial charge in [0.1, 0.15) is 10.8 Å². The second-order valence-electron chi connectivity index (χ2n) is 5.79. The lowest BCUT2D eigenvalue weighted by Gasteiger charge is -2.15. The van der Waals surface area contributed by atoms with Crippen molar-refractivity contribution in [2.24, 2.45) is 0 Å². The molecule has 0 spiro atoms. The SMILES string of the molecule is C=Cc1nc2c(Cl)c(Cl)c(OC)cc2c2c1CN(C(=O)COC(C)=O)C2. The van der Waals surface area contributed by atoms with E-state index in [2.05, 4.69) is 11.6 Å². The smallest absolute Gasteiger partial charge is 0.303 e. The summed E-state index contributed by atoms with van der Waals surface area (Å²) in [6, 6.07) is 1.77. The van der Waals surface area contributed by atoms with Gasteiger partial charge in [0.15, 0.2) is 6.61 Å². The molecule has 2 aromatic rings. The van der Waals surface area contributed by atoms with Crippen LogP contribution in [-0.2, 0) is 27.4 Å². The number of carbonyl (C=O) groups excluding carboxylic acids is 2. The van der Waals surface area contributed by atoms with Crippen LogP contribution in [-0.4, -0.2) is 35.5 Å². The molecular weight excluding hydrogens is 379 g/mol. The van der Waals surface area contributed by atoms with Crippen molar-refractivity contribution in [2.75, 3.05) is 13.7 Å². The average Bonchev–Trinajstić information content (AvgIpc) is 3.07. The number of aromatic nitrogens is 1. The zero-order valence-electron chi connectivity index (χ0n) is 14.3. The largest absolute Gasteiger partial charge is 0.495 e. The standard InChI is InChI=1S/C18H16Cl2N2O4/c1-4-13-12-7-22(15(24)8-26-9(2)23)6-11(12)10-5-14(25-3)16(19)17(20)18(10)21-13/h4-5H,1,6-8H2,2-3H3. The molecule has 0 unspecified atom stereocenters. The zero-order valence-corrected chi connectivity index (χ0v) is 15.8. The van der Waals surface area contributed by atoms with E-state index in [9.17, 15) is 9.59 Å². The number of halogens is 2. The van der Waals surface area contributed by atoms with Crippen molar-refractivity contribution in [1.29, 1.82) is 0 Å². The van der Waals surface area contributed by atoms with E-state index in [0.29, 0.717) is 30.0 Å². The summed E-state index contributed by atoms with van der Waals surface area (Å²) in [7, 11) is 1.50. The number of ether oxygens (including phenoxy) is 2. The molecule has 8 heteroatoms. The minimum absolute atomic E-state index is 0.282. The number of methoxy groups -OCH3 is 1. The van der Waals surface area contributed by atoms with Crippen molar-refractivity contribution in [3.05, 3.63) is 39.5 Å². The number of rotatable bonds is 4. The van der Waals surface area contributed by atoms with E-state index in [1.54, 1.807) is 17.0 Å². The van der Waals surface area contributed by atoms with Gasteiger partial charge in [-0.2, -0.15) is 0 Å². The molecule has 1 aliphatic heterocycles. The van der Waals surface area contributed by atoms with E-state index >= 15 is 0 Å². The Morgan fingerprint density at radius 3 is 2.62 bits per heavy atom. The number of nitrogens with zero attached hydrogens (tertiary/aromatic N) is 2. The van der Waals surface area contributed by atoms with Crippen LogP contribution in [0, 0.1) is 0 Å². The Morgan fingerprint density at radius 1 is 1.31 bits per heavy atom. The quantitative estimate of drug-likeness (QED) is 0.740. The van der Waals surface area contributed by atoms with Crippen LogP contribution in [0.1, 0.15) is 23.7 Å². The Bertz CT molecular complexity index is 943. The molecule has 0 radical (unpaired) electrons. The third kappa shape index (κ3) is 3.10. The van der Waals surface area contributed by atoms with E-state index in [4.69, 9.17) is 32.7 Å². The van der Waals surface area contributed by atoms with E-state index in [1.165, 1.54) is 14.0 Å². The maximum atomic E-state index is 12.3. The van der Waals surface area contributed by atoms with Crippen molar-refractivity contribution >= 4 is 52.1 Å². The van der Waals surface area contributed by atoms with Gasteiger partial charge in [-0.25, -0.2) is 4.98 Å². The summed E-state index contributed by atoms with van der Waals surface area (Å²) in [6.45, 7) is 5.45. The Labute approximate surface area is 160 Å². The van der Waals surface area contributed by atoms with Gasteiger partial charge in [-0.3, -0.25) is 9.59 Å². The van der Waals surface area contributed by atoms with Crippen LogP contribution < -0.4 is 4.74 Å². The Kier molecular flexibility index (Phi) is 5.07. The lowest BCUT2D eigenvalue weighted by molar-refractivity contribution is -0.150. The first-order valence-electron chi connectivity index (χ1n) is 7.78. The molecule has 136 valence electrons. The molecule has 0 saturated heterocycles. The van der Waals surface area contributed by atoms with Crippen LogP contribution >= 0.6 is 23.2 Å². The highest BCUT2D eigenvalue weighted by Gasteiger charge is 2.29. The van der Waals surface area contributed by atoms with Crippen LogP contribution in [0.25, 0.3) is 17.0 Å². The van der Waals surface area contributed by atoms with Crippen molar-refractivity contribution in [1.82, 2.24) is 9.88 Å². The minimum Gasteiger partial charge on any atom is -0.495 e. The summed E-state index contributed by atoms with van der Waals surface area (Å²) in [6.07, 6.45) is 1.62. The van der Waals surface area contributed by atoms with Crippen molar-refractivity contribution in [3.63, 3.8) is 0 Å². The molecule has 3 rings (SSSR count). The van der Waals surface area contributed by atoms with Gasteiger partial charge in [0.25, 0.3) is 5.91 Å². The Hall–Kier alpha value is -2.31. The van der Waals surface area contributed by atoms with Crippen LogP contribution in [0.5, 0.6) is 5.75 Å². The van der Waals surface area contributed by atoms with Crippen molar-refractivity contribution in [2.45, 2.75) is 20.0 Å². The number of esters is 1. The molecule has 0 atom stereocenters. The molecule has 0 aliphatic carbocycles. The van der Waals surface area contributed by atoms with Crippen molar-refractivity contribution in [3.8, 4) is 5.75 Å². The van der Waals surface area contributed by atoms with E-state index < -0.39 is 5.97 Å². The fraction of sp³-hybridized carbons (Fsp3) is 0.278. The fourth-order valence-corrected chi connectivity index (χ4v) is 3.44. The van der Waals surface area contributed by atoms with Crippen LogP contribution in [0.4, 0.5) is 0 Å². The first-order valence-corrected chi connectivity index (χ1v) is 8.54. The topological polar surface area (TPSA) is 68.7 Å². The highest BCUT2D eigenvalue weighted by Crippen LogP contribution is 2.42. The first-order chi connectivity index (χ1) is 12.4. The predicted octanol–water partition coefficient (Wildman–Crippen LogP) is 3.60. The second kappa shape index (κ2) is 7.13. The lowest BCUT2D eigenvalue weighted by Crippen LogP contribution is -2.29. The number of pyridine rings is 1. The number of carbonyl (C=O) groups is 2. The Balaban J connectivity index is 2.09. The molecule has 0 fully saturated rings. The van der Waals surface area contributed by atoms with Crippen LogP contribution in [0.15, 0.2) is 12.6 Å². The molecule has 0 N–H and O–H groups in total. The van der Waals surface area contributed by atoms with Gasteiger partial charge in [-0.1, -0.05) is 29.8 Å². The van der Waals surface area contributed by atoms with Crippen LogP contribution in [0.2, 0.25) is 10.0 Å². The number of fused-ring (bicyclic) bond motifs is 3. The summed E-state index contributed by atoms with van der Waals surface area (Å²) in [5.41, 5.74) is 2.95. The molecular formula is C18H16Cl2N2O4. The second-order valence-corrected chi connectivity index (χ2v) is 6.55. The monoisotopic (exact) mass is 394 g/mol. The van der Waals surface area contributed by atoms with E-state index in [1.807, 2.05) is 0 Å². The van der Waals surface area contributed by atoms with Crippen molar-refractivity contribution < 1.29 is 19.1 Å². The summed E-state index contributed by atoms with van der Waals surface area (Å²) in [4.78, 5) is 29.4. The number of hydrogen-bond donors (Lipinski definition) is 0. The highest BCUT2D eigenvalue weighted by molar-refractivity contribution is 6.46. The number of benzene rings is 1. The fourth-order valence-electron chi connectivity index (χ4n) is 2.98. The third-order valence-corrected chi connectivity index (χ3v) is 5.08. The van der Waals surface area contributed by atoms with Gasteiger partial charge >= 0.3 is 5.97 Å². The summed E-state index contributed by atoms with van der Waals surface area (Å²) >= 11 is 12.6. The van der Waals surface area contributed by atoms with Gasteiger partial charge in [0.05, 0.1) is 23.3 Å². The summed E-state index contributed by atoms with van der Waals surface area (Å²) in [5, 5.41) is 1.33. The maximum Gasteiger partial charge on any atom is 0.303 e. The molecule has 2 heterocycles. The van der Waals surface area contributed by atoms with Gasteiger partial charge in [-0.15, -0.1) is 0 Å². The van der Waals surface area contributed by atoms with Gasteiger partial charge < -0.3 is 14.4 Å². The average molecular weight is 395 g/mol. The first kappa shape index (κ1) is 18.5. The van der Waals surface area contributed by atoms with E-state index in [-0.39, 0.29) is 22.6 Å². The molecule has 1 aliphatic rings. The zero-order chi connectivity index (χ0) is 19.0. The minimum atomic E-state index is -0.500. The molecule has 0 bridgehead atoms. The molecule has 1 amide bonds.